The molecule has 2 heteroatoms. The van der Waals surface area contributed by atoms with Crippen LogP contribution in [0.3, 0.4) is 0 Å². The van der Waals surface area contributed by atoms with Crippen molar-refractivity contribution >= 4 is 0 Å². The summed E-state index contributed by atoms with van der Waals surface area (Å²) in [7, 11) is 0. The zero-order valence-electron chi connectivity index (χ0n) is 11.3. The highest BCUT2D eigenvalue weighted by molar-refractivity contribution is 5.29. The smallest absolute Gasteiger partial charge is 0.0355 e. The second kappa shape index (κ2) is 5.54. The van der Waals surface area contributed by atoms with Crippen molar-refractivity contribution in [1.29, 1.82) is 0 Å². The van der Waals surface area contributed by atoms with Gasteiger partial charge in [-0.25, -0.2) is 0 Å². The van der Waals surface area contributed by atoms with Gasteiger partial charge in [-0.2, -0.15) is 0 Å². The predicted octanol–water partition coefficient (Wildman–Crippen LogP) is 3.54. The van der Waals surface area contributed by atoms with E-state index in [0.717, 1.165) is 6.54 Å². The van der Waals surface area contributed by atoms with Crippen LogP contribution in [0.4, 0.5) is 0 Å². The predicted molar refractivity (Wildman–Crippen MR) is 77.9 cm³/mol. The van der Waals surface area contributed by atoms with Crippen LogP contribution < -0.4 is 5.32 Å². The minimum atomic E-state index is 0.457. The Bertz CT molecular complexity index is 509. The van der Waals surface area contributed by atoms with Gasteiger partial charge in [0.25, 0.3) is 0 Å². The summed E-state index contributed by atoms with van der Waals surface area (Å²) < 4.78 is 0. The quantitative estimate of drug-likeness (QED) is 0.880. The standard InChI is InChI=1S/C17H20N2/c1-2-19-17(14-8-10-18-11-9-14)16-12-15(16)13-6-4-3-5-7-13/h3-11,15-17,19H,2,12H2,1H3. The summed E-state index contributed by atoms with van der Waals surface area (Å²) in [5, 5.41) is 3.63. The summed E-state index contributed by atoms with van der Waals surface area (Å²) in [6, 6.07) is 15.6. The molecule has 1 aliphatic rings. The molecule has 1 fully saturated rings. The maximum absolute atomic E-state index is 4.12. The second-order valence-electron chi connectivity index (χ2n) is 5.23. The molecule has 98 valence electrons. The number of aromatic nitrogens is 1. The number of nitrogens with one attached hydrogen (secondary N) is 1. The van der Waals surface area contributed by atoms with Gasteiger partial charge in [0.15, 0.2) is 0 Å². The van der Waals surface area contributed by atoms with Crippen molar-refractivity contribution in [2.45, 2.75) is 25.3 Å². The normalized spacial score (nSPS) is 23.0. The fraction of sp³-hybridized carbons (Fsp3) is 0.353. The van der Waals surface area contributed by atoms with E-state index >= 15 is 0 Å². The van der Waals surface area contributed by atoms with E-state index in [1.165, 1.54) is 17.5 Å². The second-order valence-corrected chi connectivity index (χ2v) is 5.23. The molecular formula is C17H20N2. The van der Waals surface area contributed by atoms with E-state index in [4.69, 9.17) is 0 Å². The topological polar surface area (TPSA) is 24.9 Å². The third-order valence-corrected chi connectivity index (χ3v) is 3.98. The summed E-state index contributed by atoms with van der Waals surface area (Å²) >= 11 is 0. The highest BCUT2D eigenvalue weighted by Gasteiger charge is 2.43. The molecular weight excluding hydrogens is 232 g/mol. The zero-order chi connectivity index (χ0) is 13.1. The summed E-state index contributed by atoms with van der Waals surface area (Å²) in [5.41, 5.74) is 2.84. The van der Waals surface area contributed by atoms with Gasteiger partial charge in [-0.15, -0.1) is 0 Å². The third-order valence-electron chi connectivity index (χ3n) is 3.98. The van der Waals surface area contributed by atoms with Gasteiger partial charge in [0.1, 0.15) is 0 Å². The van der Waals surface area contributed by atoms with Crippen LogP contribution in [-0.2, 0) is 0 Å². The van der Waals surface area contributed by atoms with E-state index < -0.39 is 0 Å². The van der Waals surface area contributed by atoms with Gasteiger partial charge in [0, 0.05) is 18.4 Å². The van der Waals surface area contributed by atoms with Gasteiger partial charge in [-0.3, -0.25) is 4.98 Å². The first kappa shape index (κ1) is 12.4. The van der Waals surface area contributed by atoms with Gasteiger partial charge in [0.05, 0.1) is 0 Å². The van der Waals surface area contributed by atoms with Crippen LogP contribution in [0.5, 0.6) is 0 Å². The lowest BCUT2D eigenvalue weighted by Gasteiger charge is -2.18. The molecule has 19 heavy (non-hydrogen) atoms. The van der Waals surface area contributed by atoms with Gasteiger partial charge >= 0.3 is 0 Å². The van der Waals surface area contributed by atoms with E-state index in [2.05, 4.69) is 59.7 Å². The Morgan fingerprint density at radius 2 is 1.89 bits per heavy atom. The molecule has 3 atom stereocenters. The number of hydrogen-bond donors (Lipinski definition) is 1. The molecule has 1 aromatic carbocycles. The Morgan fingerprint density at radius 1 is 1.16 bits per heavy atom. The van der Waals surface area contributed by atoms with E-state index in [0.29, 0.717) is 17.9 Å². The van der Waals surface area contributed by atoms with Crippen molar-refractivity contribution < 1.29 is 0 Å². The van der Waals surface area contributed by atoms with Crippen molar-refractivity contribution in [2.75, 3.05) is 6.54 Å². The Labute approximate surface area is 114 Å². The molecule has 1 heterocycles. The molecule has 0 spiro atoms. The molecule has 0 bridgehead atoms. The van der Waals surface area contributed by atoms with E-state index in [9.17, 15) is 0 Å². The molecule has 1 aliphatic carbocycles. The molecule has 0 aliphatic heterocycles. The Morgan fingerprint density at radius 3 is 2.58 bits per heavy atom. The van der Waals surface area contributed by atoms with Crippen molar-refractivity contribution in [1.82, 2.24) is 10.3 Å². The SMILES string of the molecule is CCNC(c1ccncc1)C1CC1c1ccccc1. The Hall–Kier alpha value is -1.67. The first-order valence-electron chi connectivity index (χ1n) is 7.08. The maximum atomic E-state index is 4.12. The minimum absolute atomic E-state index is 0.457. The molecule has 1 N–H and O–H groups in total. The average molecular weight is 252 g/mol. The Balaban J connectivity index is 1.77. The molecule has 1 saturated carbocycles. The lowest BCUT2D eigenvalue weighted by atomic mass is 9.99. The highest BCUT2D eigenvalue weighted by atomic mass is 14.9. The summed E-state index contributed by atoms with van der Waals surface area (Å²) in [6.45, 7) is 3.18. The molecule has 3 rings (SSSR count). The van der Waals surface area contributed by atoms with Gasteiger partial charge in [-0.1, -0.05) is 37.3 Å². The first-order valence-corrected chi connectivity index (χ1v) is 7.08. The van der Waals surface area contributed by atoms with Crippen molar-refractivity contribution in [3.8, 4) is 0 Å². The number of hydrogen-bond acceptors (Lipinski definition) is 2. The summed E-state index contributed by atoms with van der Waals surface area (Å²) in [5.74, 6) is 1.42. The minimum Gasteiger partial charge on any atom is -0.310 e. The maximum Gasteiger partial charge on any atom is 0.0355 e. The molecule has 2 nitrogen and oxygen atoms in total. The van der Waals surface area contributed by atoms with E-state index in [-0.39, 0.29) is 0 Å². The van der Waals surface area contributed by atoms with Crippen LogP contribution in [0.2, 0.25) is 0 Å². The summed E-state index contributed by atoms with van der Waals surface area (Å²) in [6.07, 6.45) is 5.06. The average Bonchev–Trinajstić information content (AvgIpc) is 3.27. The molecule has 0 amide bonds. The highest BCUT2D eigenvalue weighted by Crippen LogP contribution is 2.53. The van der Waals surface area contributed by atoms with E-state index in [1.807, 2.05) is 12.4 Å². The zero-order valence-corrected chi connectivity index (χ0v) is 11.3. The van der Waals surface area contributed by atoms with Gasteiger partial charge in [-0.05, 0) is 48.1 Å². The van der Waals surface area contributed by atoms with Crippen LogP contribution in [0.1, 0.15) is 36.4 Å². The molecule has 0 saturated heterocycles. The number of pyridine rings is 1. The lowest BCUT2D eigenvalue weighted by Crippen LogP contribution is -2.23. The number of nitrogens with zero attached hydrogens (tertiary/aromatic N) is 1. The largest absolute Gasteiger partial charge is 0.310 e. The van der Waals surface area contributed by atoms with Crippen molar-refractivity contribution in [2.24, 2.45) is 5.92 Å². The summed E-state index contributed by atoms with van der Waals surface area (Å²) in [4.78, 5) is 4.12. The number of rotatable bonds is 5. The molecule has 1 aromatic heterocycles. The van der Waals surface area contributed by atoms with Crippen LogP contribution >= 0.6 is 0 Å². The Kier molecular flexibility index (Phi) is 3.60. The van der Waals surface area contributed by atoms with Crippen LogP contribution in [0.25, 0.3) is 0 Å². The fourth-order valence-electron chi connectivity index (χ4n) is 2.97. The fourth-order valence-corrected chi connectivity index (χ4v) is 2.97. The molecule has 3 unspecified atom stereocenters. The lowest BCUT2D eigenvalue weighted by molar-refractivity contribution is 0.486. The third kappa shape index (κ3) is 2.69. The van der Waals surface area contributed by atoms with Crippen LogP contribution in [0, 0.1) is 5.92 Å². The van der Waals surface area contributed by atoms with Crippen molar-refractivity contribution in [3.05, 3.63) is 66.0 Å². The first-order chi connectivity index (χ1) is 9.40. The molecule has 2 aromatic rings. The monoisotopic (exact) mass is 252 g/mol. The molecule has 0 radical (unpaired) electrons. The van der Waals surface area contributed by atoms with E-state index in [1.54, 1.807) is 0 Å². The van der Waals surface area contributed by atoms with Gasteiger partial charge in [0.2, 0.25) is 0 Å². The van der Waals surface area contributed by atoms with Gasteiger partial charge < -0.3 is 5.32 Å². The van der Waals surface area contributed by atoms with Crippen LogP contribution in [0.15, 0.2) is 54.9 Å². The van der Waals surface area contributed by atoms with Crippen LogP contribution in [-0.4, -0.2) is 11.5 Å². The van der Waals surface area contributed by atoms with Crippen molar-refractivity contribution in [3.63, 3.8) is 0 Å². The number of benzene rings is 1.